The average molecular weight is 386 g/mol. The minimum Gasteiger partial charge on any atom is -0.457 e. The summed E-state index contributed by atoms with van der Waals surface area (Å²) in [6, 6.07) is 14.6. The summed E-state index contributed by atoms with van der Waals surface area (Å²) in [6.45, 7) is -0.808. The van der Waals surface area contributed by atoms with Gasteiger partial charge in [-0.2, -0.15) is 0 Å². The molecule has 0 radical (unpaired) electrons. The van der Waals surface area contributed by atoms with Gasteiger partial charge in [0.2, 0.25) is 0 Å². The Hall–Kier alpha value is -2.29. The molecule has 0 aliphatic carbocycles. The van der Waals surface area contributed by atoms with Crippen LogP contribution in [0.1, 0.15) is 18.1 Å². The van der Waals surface area contributed by atoms with E-state index in [9.17, 15) is 15.3 Å². The monoisotopic (exact) mass is 386 g/mol. The SMILES string of the molecule is NC(CO)(CO)CC(O)c1ccc(Oc2ccc(-c3nccs3)cc2)cc1. The Kier molecular flexibility index (Phi) is 6.20. The molecule has 0 spiro atoms. The van der Waals surface area contributed by atoms with Crippen LogP contribution >= 0.6 is 11.3 Å². The molecule has 0 aliphatic heterocycles. The van der Waals surface area contributed by atoms with Crippen molar-refractivity contribution in [1.29, 1.82) is 0 Å². The Morgan fingerprint density at radius 1 is 1.00 bits per heavy atom. The second-order valence-electron chi connectivity index (χ2n) is 6.43. The van der Waals surface area contributed by atoms with Crippen LogP contribution in [0.3, 0.4) is 0 Å². The molecule has 0 saturated heterocycles. The molecule has 2 aromatic carbocycles. The minimum absolute atomic E-state index is 0.0540. The van der Waals surface area contributed by atoms with E-state index in [0.717, 1.165) is 10.6 Å². The molecule has 5 N–H and O–H groups in total. The molecule has 0 amide bonds. The maximum atomic E-state index is 10.3. The Labute approximate surface area is 161 Å². The van der Waals surface area contributed by atoms with Crippen LogP contribution in [-0.2, 0) is 0 Å². The van der Waals surface area contributed by atoms with Crippen molar-refractivity contribution in [1.82, 2.24) is 4.98 Å². The summed E-state index contributed by atoms with van der Waals surface area (Å²) in [5.74, 6) is 1.33. The van der Waals surface area contributed by atoms with E-state index >= 15 is 0 Å². The molecule has 1 heterocycles. The summed E-state index contributed by atoms with van der Waals surface area (Å²) in [7, 11) is 0. The van der Waals surface area contributed by atoms with E-state index in [1.807, 2.05) is 29.6 Å². The van der Waals surface area contributed by atoms with Crippen LogP contribution in [0.15, 0.2) is 60.1 Å². The zero-order valence-corrected chi connectivity index (χ0v) is 15.5. The fourth-order valence-electron chi connectivity index (χ4n) is 2.61. The maximum Gasteiger partial charge on any atom is 0.127 e. The van der Waals surface area contributed by atoms with E-state index < -0.39 is 24.9 Å². The molecular weight excluding hydrogens is 364 g/mol. The zero-order valence-electron chi connectivity index (χ0n) is 14.7. The molecule has 1 atom stereocenters. The highest BCUT2D eigenvalue weighted by atomic mass is 32.1. The number of hydrogen-bond donors (Lipinski definition) is 4. The van der Waals surface area contributed by atoms with Gasteiger partial charge in [-0.1, -0.05) is 12.1 Å². The molecule has 0 fully saturated rings. The lowest BCUT2D eigenvalue weighted by Gasteiger charge is -2.27. The van der Waals surface area contributed by atoms with Crippen molar-refractivity contribution in [2.75, 3.05) is 13.2 Å². The lowest BCUT2D eigenvalue weighted by atomic mass is 9.92. The van der Waals surface area contributed by atoms with E-state index in [0.29, 0.717) is 17.1 Å². The van der Waals surface area contributed by atoms with Crippen LogP contribution in [0, 0.1) is 0 Å². The number of rotatable bonds is 8. The Bertz CT molecular complexity index is 831. The normalized spacial score (nSPS) is 12.7. The molecule has 7 heteroatoms. The zero-order chi connectivity index (χ0) is 19.3. The van der Waals surface area contributed by atoms with Crippen molar-refractivity contribution in [3.8, 4) is 22.1 Å². The number of aliphatic hydroxyl groups excluding tert-OH is 3. The van der Waals surface area contributed by atoms with E-state index in [1.54, 1.807) is 41.8 Å². The maximum absolute atomic E-state index is 10.3. The van der Waals surface area contributed by atoms with Crippen LogP contribution in [-0.4, -0.2) is 39.1 Å². The number of nitrogens with two attached hydrogens (primary N) is 1. The van der Waals surface area contributed by atoms with Crippen LogP contribution in [0.5, 0.6) is 11.5 Å². The smallest absolute Gasteiger partial charge is 0.127 e. The fraction of sp³-hybridized carbons (Fsp3) is 0.250. The molecule has 3 rings (SSSR count). The van der Waals surface area contributed by atoms with Gasteiger partial charge < -0.3 is 25.8 Å². The van der Waals surface area contributed by atoms with Gasteiger partial charge in [0, 0.05) is 17.1 Å². The molecule has 0 saturated carbocycles. The summed E-state index contributed by atoms with van der Waals surface area (Å²) in [6.07, 6.45) is 0.940. The predicted octanol–water partition coefficient (Wildman–Crippen LogP) is 2.71. The van der Waals surface area contributed by atoms with Crippen molar-refractivity contribution >= 4 is 11.3 Å². The Morgan fingerprint density at radius 3 is 2.11 bits per heavy atom. The first kappa shape index (κ1) is 19.5. The molecule has 1 aromatic heterocycles. The number of benzene rings is 2. The quantitative estimate of drug-likeness (QED) is 0.474. The van der Waals surface area contributed by atoms with Gasteiger partial charge in [0.1, 0.15) is 16.5 Å². The molecule has 0 bridgehead atoms. The lowest BCUT2D eigenvalue weighted by Crippen LogP contribution is -2.48. The summed E-state index contributed by atoms with van der Waals surface area (Å²) < 4.78 is 5.83. The number of aromatic nitrogens is 1. The van der Waals surface area contributed by atoms with E-state index in [-0.39, 0.29) is 6.42 Å². The number of aliphatic hydroxyl groups is 3. The standard InChI is InChI=1S/C20H22N2O4S/c21-20(12-23,13-24)11-18(25)14-1-5-16(6-2-14)26-17-7-3-15(4-8-17)19-22-9-10-27-19/h1-10,18,23-25H,11-13,21H2. The van der Waals surface area contributed by atoms with Crippen molar-refractivity contribution < 1.29 is 20.1 Å². The summed E-state index contributed by atoms with van der Waals surface area (Å²) in [5, 5.41) is 31.7. The average Bonchev–Trinajstić information content (AvgIpc) is 3.24. The second-order valence-corrected chi connectivity index (χ2v) is 7.33. The highest BCUT2D eigenvalue weighted by Crippen LogP contribution is 2.29. The Balaban J connectivity index is 1.63. The van der Waals surface area contributed by atoms with Crippen LogP contribution in [0.25, 0.3) is 10.6 Å². The van der Waals surface area contributed by atoms with Gasteiger partial charge in [-0.15, -0.1) is 11.3 Å². The summed E-state index contributed by atoms with van der Waals surface area (Å²) >= 11 is 1.58. The minimum atomic E-state index is -1.21. The lowest BCUT2D eigenvalue weighted by molar-refractivity contribution is 0.0618. The number of hydrogen-bond acceptors (Lipinski definition) is 7. The van der Waals surface area contributed by atoms with E-state index in [2.05, 4.69) is 4.98 Å². The number of ether oxygens (including phenoxy) is 1. The number of thiazole rings is 1. The molecular formula is C20H22N2O4S. The second kappa shape index (κ2) is 8.60. The molecule has 142 valence electrons. The highest BCUT2D eigenvalue weighted by molar-refractivity contribution is 7.13. The van der Waals surface area contributed by atoms with Crippen molar-refractivity contribution in [3.63, 3.8) is 0 Å². The number of nitrogens with zero attached hydrogens (tertiary/aromatic N) is 1. The van der Waals surface area contributed by atoms with E-state index in [4.69, 9.17) is 10.5 Å². The third kappa shape index (κ3) is 4.91. The van der Waals surface area contributed by atoms with Crippen LogP contribution in [0.2, 0.25) is 0 Å². The van der Waals surface area contributed by atoms with Gasteiger partial charge in [-0.05, 0) is 48.4 Å². The largest absolute Gasteiger partial charge is 0.457 e. The molecule has 0 aliphatic rings. The molecule has 1 unspecified atom stereocenters. The highest BCUT2D eigenvalue weighted by Gasteiger charge is 2.27. The Morgan fingerprint density at radius 2 is 1.59 bits per heavy atom. The molecule has 27 heavy (non-hydrogen) atoms. The van der Waals surface area contributed by atoms with Gasteiger partial charge in [-0.3, -0.25) is 0 Å². The third-order valence-electron chi connectivity index (χ3n) is 4.26. The van der Waals surface area contributed by atoms with Gasteiger partial charge in [0.05, 0.1) is 24.9 Å². The third-order valence-corrected chi connectivity index (χ3v) is 5.09. The topological polar surface area (TPSA) is 109 Å². The van der Waals surface area contributed by atoms with Crippen LogP contribution < -0.4 is 10.5 Å². The van der Waals surface area contributed by atoms with E-state index in [1.165, 1.54) is 0 Å². The van der Waals surface area contributed by atoms with Crippen molar-refractivity contribution in [3.05, 3.63) is 65.7 Å². The van der Waals surface area contributed by atoms with Crippen LogP contribution in [0.4, 0.5) is 0 Å². The predicted molar refractivity (Wildman–Crippen MR) is 105 cm³/mol. The fourth-order valence-corrected chi connectivity index (χ4v) is 3.25. The van der Waals surface area contributed by atoms with Gasteiger partial charge in [0.25, 0.3) is 0 Å². The first-order valence-corrected chi connectivity index (χ1v) is 9.37. The van der Waals surface area contributed by atoms with Gasteiger partial charge >= 0.3 is 0 Å². The van der Waals surface area contributed by atoms with Gasteiger partial charge in [-0.25, -0.2) is 4.98 Å². The summed E-state index contributed by atoms with van der Waals surface area (Å²) in [4.78, 5) is 4.28. The van der Waals surface area contributed by atoms with Crippen molar-refractivity contribution in [2.45, 2.75) is 18.1 Å². The van der Waals surface area contributed by atoms with Gasteiger partial charge in [0.15, 0.2) is 0 Å². The molecule has 3 aromatic rings. The van der Waals surface area contributed by atoms with Crippen molar-refractivity contribution in [2.24, 2.45) is 5.73 Å². The summed E-state index contributed by atoms with van der Waals surface area (Å²) in [5.41, 5.74) is 6.28. The first-order chi connectivity index (χ1) is 13.0. The first-order valence-electron chi connectivity index (χ1n) is 8.49. The molecule has 6 nitrogen and oxygen atoms in total.